The molecule has 1 aliphatic heterocycles. The molecule has 0 spiro atoms. The van der Waals surface area contributed by atoms with Crippen molar-refractivity contribution in [2.45, 2.75) is 12.5 Å². The highest BCUT2D eigenvalue weighted by Crippen LogP contribution is 2.39. The van der Waals surface area contributed by atoms with Gasteiger partial charge >= 0.3 is 0 Å². The van der Waals surface area contributed by atoms with Crippen LogP contribution in [0, 0.1) is 0 Å². The van der Waals surface area contributed by atoms with E-state index in [2.05, 4.69) is 10.2 Å². The predicted molar refractivity (Wildman–Crippen MR) is 124 cm³/mol. The van der Waals surface area contributed by atoms with Gasteiger partial charge in [0.25, 0.3) is 0 Å². The topological polar surface area (TPSA) is 61.4 Å². The Labute approximate surface area is 189 Å². The third-order valence-corrected chi connectivity index (χ3v) is 5.69. The van der Waals surface area contributed by atoms with Crippen molar-refractivity contribution in [3.63, 3.8) is 0 Å². The Morgan fingerprint density at radius 3 is 2.35 bits per heavy atom. The fourth-order valence-electron chi connectivity index (χ4n) is 3.72. The lowest BCUT2D eigenvalue weighted by Crippen LogP contribution is -2.47. The van der Waals surface area contributed by atoms with Crippen LogP contribution in [0.2, 0.25) is 0 Å². The van der Waals surface area contributed by atoms with Crippen molar-refractivity contribution in [2.75, 3.05) is 54.7 Å². The summed E-state index contributed by atoms with van der Waals surface area (Å²) in [5.74, 6) is 2.79. The van der Waals surface area contributed by atoms with Gasteiger partial charge in [-0.1, -0.05) is 12.1 Å². The van der Waals surface area contributed by atoms with Gasteiger partial charge < -0.3 is 33.9 Å². The molecular formula is C23H30N2O5S. The molecule has 0 bridgehead atoms. The van der Waals surface area contributed by atoms with E-state index in [9.17, 15) is 0 Å². The summed E-state index contributed by atoms with van der Waals surface area (Å²) in [7, 11) is 6.60. The highest BCUT2D eigenvalue weighted by molar-refractivity contribution is 7.80. The fraction of sp³-hybridized carbons (Fsp3) is 0.435. The first-order chi connectivity index (χ1) is 15.1. The molecule has 2 aromatic carbocycles. The van der Waals surface area contributed by atoms with Crippen molar-refractivity contribution in [3.05, 3.63) is 47.5 Å². The Balaban J connectivity index is 1.91. The maximum absolute atomic E-state index is 6.21. The van der Waals surface area contributed by atoms with E-state index in [1.165, 1.54) is 5.56 Å². The number of nitrogens with zero attached hydrogens (tertiary/aromatic N) is 1. The van der Waals surface area contributed by atoms with Gasteiger partial charge in [0, 0.05) is 20.2 Å². The summed E-state index contributed by atoms with van der Waals surface area (Å²) in [6, 6.07) is 11.6. The second-order valence-electron chi connectivity index (χ2n) is 7.05. The van der Waals surface area contributed by atoms with E-state index in [1.54, 1.807) is 28.4 Å². The number of hydrogen-bond donors (Lipinski definition) is 1. The molecule has 31 heavy (non-hydrogen) atoms. The Morgan fingerprint density at radius 1 is 1.00 bits per heavy atom. The SMILES string of the molecule is COCCNC(=S)N1CCc2cc(OC)c(OC)cc2[C@@H]1COc1ccccc1OC. The minimum atomic E-state index is -0.101. The zero-order chi connectivity index (χ0) is 22.2. The van der Waals surface area contributed by atoms with Crippen LogP contribution in [0.4, 0.5) is 0 Å². The number of fused-ring (bicyclic) bond motifs is 1. The van der Waals surface area contributed by atoms with Crippen molar-refractivity contribution < 1.29 is 23.7 Å². The molecule has 1 heterocycles. The molecule has 1 N–H and O–H groups in total. The van der Waals surface area contributed by atoms with E-state index in [4.69, 9.17) is 35.9 Å². The molecule has 0 fully saturated rings. The van der Waals surface area contributed by atoms with Gasteiger partial charge in [0.2, 0.25) is 0 Å². The Bertz CT molecular complexity index is 892. The van der Waals surface area contributed by atoms with Gasteiger partial charge in [-0.3, -0.25) is 0 Å². The smallest absolute Gasteiger partial charge is 0.169 e. The maximum Gasteiger partial charge on any atom is 0.169 e. The highest BCUT2D eigenvalue weighted by Gasteiger charge is 2.31. The Morgan fingerprint density at radius 2 is 1.68 bits per heavy atom. The predicted octanol–water partition coefficient (Wildman–Crippen LogP) is 3.21. The van der Waals surface area contributed by atoms with Crippen LogP contribution in [-0.4, -0.2) is 64.8 Å². The summed E-state index contributed by atoms with van der Waals surface area (Å²) in [6.45, 7) is 2.39. The molecule has 1 atom stereocenters. The number of hydrogen-bond acceptors (Lipinski definition) is 6. The largest absolute Gasteiger partial charge is 0.493 e. The summed E-state index contributed by atoms with van der Waals surface area (Å²) < 4.78 is 27.8. The van der Waals surface area contributed by atoms with Gasteiger partial charge in [-0.15, -0.1) is 0 Å². The van der Waals surface area contributed by atoms with E-state index >= 15 is 0 Å². The fourth-order valence-corrected chi connectivity index (χ4v) is 4.04. The van der Waals surface area contributed by atoms with Crippen LogP contribution in [-0.2, 0) is 11.2 Å². The van der Waals surface area contributed by atoms with Crippen molar-refractivity contribution in [1.82, 2.24) is 10.2 Å². The molecule has 8 heteroatoms. The lowest BCUT2D eigenvalue weighted by Gasteiger charge is -2.39. The first-order valence-corrected chi connectivity index (χ1v) is 10.6. The molecular weight excluding hydrogens is 416 g/mol. The number of para-hydroxylation sites is 2. The van der Waals surface area contributed by atoms with E-state index in [1.807, 2.05) is 36.4 Å². The molecule has 0 radical (unpaired) electrons. The minimum absolute atomic E-state index is 0.101. The van der Waals surface area contributed by atoms with Gasteiger partial charge in [0.15, 0.2) is 28.1 Å². The normalized spacial score (nSPS) is 15.1. The summed E-state index contributed by atoms with van der Waals surface area (Å²) in [5, 5.41) is 3.95. The van der Waals surface area contributed by atoms with E-state index in [0.29, 0.717) is 42.1 Å². The number of ether oxygens (including phenoxy) is 5. The number of benzene rings is 2. The first kappa shape index (κ1) is 23.0. The monoisotopic (exact) mass is 446 g/mol. The third kappa shape index (κ3) is 5.32. The van der Waals surface area contributed by atoms with Gasteiger partial charge in [0.1, 0.15) is 6.61 Å². The van der Waals surface area contributed by atoms with Crippen molar-refractivity contribution in [3.8, 4) is 23.0 Å². The summed E-state index contributed by atoms with van der Waals surface area (Å²) in [4.78, 5) is 2.16. The number of rotatable bonds is 9. The highest BCUT2D eigenvalue weighted by atomic mass is 32.1. The van der Waals surface area contributed by atoms with Gasteiger partial charge in [-0.05, 0) is 54.0 Å². The van der Waals surface area contributed by atoms with Crippen molar-refractivity contribution in [2.24, 2.45) is 0 Å². The van der Waals surface area contributed by atoms with E-state index in [0.717, 1.165) is 24.3 Å². The average Bonchev–Trinajstić information content (AvgIpc) is 2.81. The molecule has 2 aromatic rings. The standard InChI is InChI=1S/C23H30N2O5S/c1-26-12-10-24-23(31)25-11-9-16-13-21(28-3)22(29-4)14-17(16)18(25)15-30-20-8-6-5-7-19(20)27-2/h5-8,13-14,18H,9-12,15H2,1-4H3,(H,24,31)/t18-/m0/s1. The van der Waals surface area contributed by atoms with Crippen LogP contribution in [0.15, 0.2) is 36.4 Å². The second kappa shape index (κ2) is 11.1. The lowest BCUT2D eigenvalue weighted by molar-refractivity contribution is 0.178. The van der Waals surface area contributed by atoms with Gasteiger partial charge in [-0.25, -0.2) is 0 Å². The molecule has 0 aromatic heterocycles. The van der Waals surface area contributed by atoms with Crippen LogP contribution in [0.1, 0.15) is 17.2 Å². The van der Waals surface area contributed by atoms with E-state index < -0.39 is 0 Å². The zero-order valence-corrected chi connectivity index (χ0v) is 19.3. The average molecular weight is 447 g/mol. The molecule has 0 saturated carbocycles. The molecule has 0 saturated heterocycles. The Hall–Kier alpha value is -2.71. The third-order valence-electron chi connectivity index (χ3n) is 5.31. The summed E-state index contributed by atoms with van der Waals surface area (Å²) in [5.41, 5.74) is 2.30. The van der Waals surface area contributed by atoms with Crippen LogP contribution in [0.25, 0.3) is 0 Å². The molecule has 7 nitrogen and oxygen atoms in total. The maximum atomic E-state index is 6.21. The summed E-state index contributed by atoms with van der Waals surface area (Å²) in [6.07, 6.45) is 0.840. The van der Waals surface area contributed by atoms with Crippen LogP contribution >= 0.6 is 12.2 Å². The van der Waals surface area contributed by atoms with Gasteiger partial charge in [-0.2, -0.15) is 0 Å². The van der Waals surface area contributed by atoms with Crippen LogP contribution < -0.4 is 24.3 Å². The lowest BCUT2D eigenvalue weighted by atomic mass is 9.92. The minimum Gasteiger partial charge on any atom is -0.493 e. The molecule has 0 unspecified atom stereocenters. The molecule has 3 rings (SSSR count). The quantitative estimate of drug-likeness (QED) is 0.466. The molecule has 0 amide bonds. The molecule has 1 aliphatic rings. The number of methoxy groups -OCH3 is 4. The first-order valence-electron chi connectivity index (χ1n) is 10.2. The van der Waals surface area contributed by atoms with Gasteiger partial charge in [0.05, 0.1) is 34.0 Å². The number of nitrogens with one attached hydrogen (secondary N) is 1. The molecule has 168 valence electrons. The van der Waals surface area contributed by atoms with E-state index in [-0.39, 0.29) is 6.04 Å². The van der Waals surface area contributed by atoms with Crippen LogP contribution in [0.3, 0.4) is 0 Å². The number of thiocarbonyl (C=S) groups is 1. The van der Waals surface area contributed by atoms with Crippen molar-refractivity contribution in [1.29, 1.82) is 0 Å². The second-order valence-corrected chi connectivity index (χ2v) is 7.44. The van der Waals surface area contributed by atoms with Crippen LogP contribution in [0.5, 0.6) is 23.0 Å². The zero-order valence-electron chi connectivity index (χ0n) is 18.5. The molecule has 0 aliphatic carbocycles. The summed E-state index contributed by atoms with van der Waals surface area (Å²) >= 11 is 5.71. The Kier molecular flexibility index (Phi) is 8.20. The van der Waals surface area contributed by atoms with Crippen molar-refractivity contribution >= 4 is 17.3 Å².